The Labute approximate surface area is 155 Å². The number of amides is 1. The Morgan fingerprint density at radius 3 is 3.00 bits per heavy atom. The van der Waals surface area contributed by atoms with Gasteiger partial charge in [0.05, 0.1) is 31.5 Å². The van der Waals surface area contributed by atoms with Gasteiger partial charge in [0.2, 0.25) is 5.91 Å². The second-order valence-electron chi connectivity index (χ2n) is 7.79. The molecule has 1 aliphatic carbocycles. The molecule has 0 aromatic carbocycles. The molecule has 2 saturated heterocycles. The van der Waals surface area contributed by atoms with Gasteiger partial charge in [-0.15, -0.1) is 0 Å². The fourth-order valence-electron chi connectivity index (χ4n) is 4.39. The molecule has 2 fully saturated rings. The standard InChI is InChI=1S/C21H28N2O3/c24-20(18-5-2-1-3-6-18)23-12-4-9-21(16-23)13-19(15-26-21)25-14-17-7-10-22-11-8-17/h5,7-8,10-11,19H,1-4,6,9,12-16H2/t19-,21+/m1/s1. The molecule has 5 nitrogen and oxygen atoms in total. The lowest BCUT2D eigenvalue weighted by atomic mass is 9.88. The largest absolute Gasteiger partial charge is 0.371 e. The van der Waals surface area contributed by atoms with Gasteiger partial charge in [-0.1, -0.05) is 6.08 Å². The van der Waals surface area contributed by atoms with Gasteiger partial charge in [0, 0.05) is 30.9 Å². The summed E-state index contributed by atoms with van der Waals surface area (Å²) in [4.78, 5) is 18.9. The van der Waals surface area contributed by atoms with E-state index in [4.69, 9.17) is 9.47 Å². The van der Waals surface area contributed by atoms with Gasteiger partial charge in [0.25, 0.3) is 0 Å². The minimum atomic E-state index is -0.216. The highest BCUT2D eigenvalue weighted by Gasteiger charge is 2.45. The molecule has 26 heavy (non-hydrogen) atoms. The first-order valence-electron chi connectivity index (χ1n) is 9.87. The van der Waals surface area contributed by atoms with Crippen LogP contribution >= 0.6 is 0 Å². The maximum absolute atomic E-state index is 12.9. The first-order valence-corrected chi connectivity index (χ1v) is 9.87. The molecule has 4 rings (SSSR count). The van der Waals surface area contributed by atoms with E-state index >= 15 is 0 Å². The van der Waals surface area contributed by atoms with Crippen molar-refractivity contribution in [1.82, 2.24) is 9.88 Å². The summed E-state index contributed by atoms with van der Waals surface area (Å²) in [5, 5.41) is 0. The third-order valence-electron chi connectivity index (χ3n) is 5.80. The molecule has 0 saturated carbocycles. The van der Waals surface area contributed by atoms with Crippen molar-refractivity contribution in [2.45, 2.75) is 63.3 Å². The number of allylic oxidation sites excluding steroid dienone is 1. The number of nitrogens with zero attached hydrogens (tertiary/aromatic N) is 2. The van der Waals surface area contributed by atoms with Crippen LogP contribution in [0.2, 0.25) is 0 Å². The lowest BCUT2D eigenvalue weighted by Gasteiger charge is -2.40. The SMILES string of the molecule is O=C(C1=CCCCC1)N1CCC[C@]2(C[C@@H](OCc3ccncc3)CO2)C1. The predicted octanol–water partition coefficient (Wildman–Crippen LogP) is 3.25. The summed E-state index contributed by atoms with van der Waals surface area (Å²) in [7, 11) is 0. The Bertz CT molecular complexity index is 660. The Balaban J connectivity index is 1.33. The van der Waals surface area contributed by atoms with Crippen LogP contribution in [0.3, 0.4) is 0 Å². The van der Waals surface area contributed by atoms with E-state index in [0.29, 0.717) is 19.8 Å². The van der Waals surface area contributed by atoms with Crippen molar-refractivity contribution >= 4 is 5.91 Å². The normalized spacial score (nSPS) is 29.0. The number of piperidine rings is 1. The molecule has 1 amide bonds. The number of aromatic nitrogens is 1. The Kier molecular flexibility index (Phi) is 5.36. The predicted molar refractivity (Wildman–Crippen MR) is 98.5 cm³/mol. The molecule has 5 heteroatoms. The van der Waals surface area contributed by atoms with Crippen molar-refractivity contribution in [3.05, 3.63) is 41.7 Å². The smallest absolute Gasteiger partial charge is 0.249 e. The van der Waals surface area contributed by atoms with E-state index in [1.54, 1.807) is 12.4 Å². The summed E-state index contributed by atoms with van der Waals surface area (Å²) in [5.74, 6) is 0.230. The average Bonchev–Trinajstić information content (AvgIpc) is 3.09. The van der Waals surface area contributed by atoms with Crippen LogP contribution in [0.1, 0.15) is 50.5 Å². The van der Waals surface area contributed by atoms with Gasteiger partial charge in [-0.25, -0.2) is 0 Å². The van der Waals surface area contributed by atoms with Gasteiger partial charge >= 0.3 is 0 Å². The Hall–Kier alpha value is -1.72. The molecule has 3 aliphatic rings. The summed E-state index contributed by atoms with van der Waals surface area (Å²) < 4.78 is 12.3. The second kappa shape index (κ2) is 7.89. The van der Waals surface area contributed by atoms with Crippen LogP contribution in [-0.4, -0.2) is 47.2 Å². The van der Waals surface area contributed by atoms with Gasteiger partial charge in [-0.05, 0) is 56.2 Å². The van der Waals surface area contributed by atoms with Crippen molar-refractivity contribution < 1.29 is 14.3 Å². The van der Waals surface area contributed by atoms with Gasteiger partial charge in [0.1, 0.15) is 0 Å². The first-order chi connectivity index (χ1) is 12.7. The van der Waals surface area contributed by atoms with E-state index in [-0.39, 0.29) is 17.6 Å². The van der Waals surface area contributed by atoms with Crippen molar-refractivity contribution in [1.29, 1.82) is 0 Å². The van der Waals surface area contributed by atoms with Crippen LogP contribution in [0.25, 0.3) is 0 Å². The number of hydrogen-bond acceptors (Lipinski definition) is 4. The molecule has 1 spiro atoms. The van der Waals surface area contributed by atoms with Crippen molar-refractivity contribution in [3.63, 3.8) is 0 Å². The quantitative estimate of drug-likeness (QED) is 0.831. The molecule has 1 aromatic rings. The summed E-state index contributed by atoms with van der Waals surface area (Å²) in [5.41, 5.74) is 1.92. The van der Waals surface area contributed by atoms with Crippen LogP contribution < -0.4 is 0 Å². The second-order valence-corrected chi connectivity index (χ2v) is 7.79. The Morgan fingerprint density at radius 2 is 2.19 bits per heavy atom. The highest BCUT2D eigenvalue weighted by molar-refractivity contribution is 5.93. The lowest BCUT2D eigenvalue weighted by molar-refractivity contribution is -0.135. The van der Waals surface area contributed by atoms with Gasteiger partial charge in [-0.3, -0.25) is 9.78 Å². The van der Waals surface area contributed by atoms with Crippen molar-refractivity contribution in [2.24, 2.45) is 0 Å². The zero-order valence-electron chi connectivity index (χ0n) is 15.4. The minimum absolute atomic E-state index is 0.104. The summed E-state index contributed by atoms with van der Waals surface area (Å²) in [6.07, 6.45) is 13.0. The molecule has 0 unspecified atom stereocenters. The summed E-state index contributed by atoms with van der Waals surface area (Å²) in [6, 6.07) is 3.95. The molecule has 0 radical (unpaired) electrons. The zero-order valence-corrected chi connectivity index (χ0v) is 15.4. The molecule has 0 N–H and O–H groups in total. The molecular formula is C21H28N2O3. The van der Waals surface area contributed by atoms with Crippen molar-refractivity contribution in [3.8, 4) is 0 Å². The van der Waals surface area contributed by atoms with E-state index in [1.807, 2.05) is 17.0 Å². The van der Waals surface area contributed by atoms with Gasteiger partial charge in [-0.2, -0.15) is 0 Å². The highest BCUT2D eigenvalue weighted by atomic mass is 16.6. The third kappa shape index (κ3) is 3.99. The molecule has 3 heterocycles. The van der Waals surface area contributed by atoms with Gasteiger partial charge < -0.3 is 14.4 Å². The van der Waals surface area contributed by atoms with E-state index in [0.717, 1.165) is 56.2 Å². The maximum atomic E-state index is 12.9. The summed E-state index contributed by atoms with van der Waals surface area (Å²) in [6.45, 7) is 2.76. The van der Waals surface area contributed by atoms with E-state index in [9.17, 15) is 4.79 Å². The van der Waals surface area contributed by atoms with Crippen molar-refractivity contribution in [2.75, 3.05) is 19.7 Å². The molecule has 0 bridgehead atoms. The monoisotopic (exact) mass is 356 g/mol. The number of pyridine rings is 1. The molecule has 1 aromatic heterocycles. The van der Waals surface area contributed by atoms with Crippen LogP contribution in [0, 0.1) is 0 Å². The zero-order chi connectivity index (χ0) is 17.8. The lowest BCUT2D eigenvalue weighted by Crippen LogP contribution is -2.50. The molecular weight excluding hydrogens is 328 g/mol. The number of hydrogen-bond donors (Lipinski definition) is 0. The number of likely N-dealkylation sites (tertiary alicyclic amines) is 1. The molecule has 2 atom stereocenters. The average molecular weight is 356 g/mol. The fraction of sp³-hybridized carbons (Fsp3) is 0.619. The number of rotatable bonds is 4. The Morgan fingerprint density at radius 1 is 1.31 bits per heavy atom. The first kappa shape index (κ1) is 17.7. The van der Waals surface area contributed by atoms with E-state index in [1.165, 1.54) is 6.42 Å². The van der Waals surface area contributed by atoms with Gasteiger partial charge in [0.15, 0.2) is 0 Å². The van der Waals surface area contributed by atoms with Crippen LogP contribution in [0.15, 0.2) is 36.2 Å². The summed E-state index contributed by atoms with van der Waals surface area (Å²) >= 11 is 0. The topological polar surface area (TPSA) is 51.7 Å². The van der Waals surface area contributed by atoms with E-state index in [2.05, 4.69) is 11.1 Å². The van der Waals surface area contributed by atoms with Crippen LogP contribution in [-0.2, 0) is 20.9 Å². The fourth-order valence-corrected chi connectivity index (χ4v) is 4.39. The van der Waals surface area contributed by atoms with Crippen LogP contribution in [0.5, 0.6) is 0 Å². The minimum Gasteiger partial charge on any atom is -0.371 e. The number of carbonyl (C=O) groups excluding carboxylic acids is 1. The number of carbonyl (C=O) groups is 1. The maximum Gasteiger partial charge on any atom is 0.249 e. The highest BCUT2D eigenvalue weighted by Crippen LogP contribution is 2.37. The van der Waals surface area contributed by atoms with E-state index < -0.39 is 0 Å². The third-order valence-corrected chi connectivity index (χ3v) is 5.80. The van der Waals surface area contributed by atoms with Crippen LogP contribution in [0.4, 0.5) is 0 Å². The number of ether oxygens (including phenoxy) is 2. The molecule has 2 aliphatic heterocycles. The molecule has 140 valence electrons.